The van der Waals surface area contributed by atoms with Crippen molar-refractivity contribution >= 4 is 13.2 Å². The van der Waals surface area contributed by atoms with Crippen LogP contribution in [0.15, 0.2) is 28.9 Å². The van der Waals surface area contributed by atoms with E-state index in [1.165, 1.54) is 12.1 Å². The molecule has 0 spiro atoms. The monoisotopic (exact) mass is 347 g/mol. The predicted molar refractivity (Wildman–Crippen MR) is 81.9 cm³/mol. The van der Waals surface area contributed by atoms with Gasteiger partial charge in [-0.3, -0.25) is 4.79 Å². The standard InChI is InChI=1S/C15H18BF4NO3/c1-13(2)14(3,4)24-16(23-13)11(17)8-10-6-5-7-21(12(10)22)9-15(18,19)20/h5-8H,9H2,1-4H3. The van der Waals surface area contributed by atoms with Gasteiger partial charge in [0.25, 0.3) is 5.56 Å². The minimum Gasteiger partial charge on any atom is -0.398 e. The summed E-state index contributed by atoms with van der Waals surface area (Å²) in [5.74, 6) is 0. The molecule has 2 rings (SSSR count). The van der Waals surface area contributed by atoms with Crippen LogP contribution in [0.2, 0.25) is 0 Å². The molecule has 0 aliphatic carbocycles. The van der Waals surface area contributed by atoms with Gasteiger partial charge in [0.1, 0.15) is 12.3 Å². The third kappa shape index (κ3) is 3.89. The van der Waals surface area contributed by atoms with Gasteiger partial charge in [0.15, 0.2) is 0 Å². The Hall–Kier alpha value is -1.61. The lowest BCUT2D eigenvalue weighted by molar-refractivity contribution is -0.141. The van der Waals surface area contributed by atoms with E-state index >= 15 is 0 Å². The molecule has 1 aromatic rings. The summed E-state index contributed by atoms with van der Waals surface area (Å²) in [6.07, 6.45) is -2.70. The average Bonchev–Trinajstić information content (AvgIpc) is 2.62. The fraction of sp³-hybridized carbons (Fsp3) is 0.533. The highest BCUT2D eigenvalue weighted by molar-refractivity contribution is 6.54. The summed E-state index contributed by atoms with van der Waals surface area (Å²) >= 11 is 0. The molecule has 0 atom stereocenters. The smallest absolute Gasteiger partial charge is 0.398 e. The van der Waals surface area contributed by atoms with Gasteiger partial charge < -0.3 is 13.9 Å². The first kappa shape index (κ1) is 18.7. The van der Waals surface area contributed by atoms with Crippen molar-refractivity contribution in [2.24, 2.45) is 0 Å². The third-order valence-electron chi connectivity index (χ3n) is 4.17. The lowest BCUT2D eigenvalue weighted by Gasteiger charge is -2.32. The van der Waals surface area contributed by atoms with Crippen molar-refractivity contribution in [1.82, 2.24) is 4.57 Å². The molecule has 1 aliphatic heterocycles. The van der Waals surface area contributed by atoms with Crippen LogP contribution < -0.4 is 5.56 Å². The molecule has 9 heteroatoms. The van der Waals surface area contributed by atoms with Gasteiger partial charge in [0.2, 0.25) is 0 Å². The summed E-state index contributed by atoms with van der Waals surface area (Å²) < 4.78 is 63.2. The van der Waals surface area contributed by atoms with E-state index in [0.29, 0.717) is 4.57 Å². The van der Waals surface area contributed by atoms with Crippen molar-refractivity contribution in [3.63, 3.8) is 0 Å². The maximum Gasteiger partial charge on any atom is 0.525 e. The average molecular weight is 347 g/mol. The first-order valence-corrected chi connectivity index (χ1v) is 7.31. The number of hydrogen-bond donors (Lipinski definition) is 0. The van der Waals surface area contributed by atoms with Gasteiger partial charge in [0.05, 0.1) is 11.2 Å². The topological polar surface area (TPSA) is 40.5 Å². The van der Waals surface area contributed by atoms with Crippen LogP contribution in [0.4, 0.5) is 17.6 Å². The molecule has 1 saturated heterocycles. The summed E-state index contributed by atoms with van der Waals surface area (Å²) in [6, 6.07) is 2.48. The van der Waals surface area contributed by atoms with E-state index in [9.17, 15) is 22.4 Å². The molecular weight excluding hydrogens is 329 g/mol. The molecule has 0 radical (unpaired) electrons. The Morgan fingerprint density at radius 2 is 1.79 bits per heavy atom. The van der Waals surface area contributed by atoms with Crippen LogP contribution in [0.1, 0.15) is 33.3 Å². The second-order valence-electron chi connectivity index (χ2n) is 6.63. The molecule has 1 aromatic heterocycles. The van der Waals surface area contributed by atoms with Crippen molar-refractivity contribution in [3.8, 4) is 0 Å². The van der Waals surface area contributed by atoms with Gasteiger partial charge in [-0.15, -0.1) is 0 Å². The van der Waals surface area contributed by atoms with Gasteiger partial charge in [-0.25, -0.2) is 4.39 Å². The van der Waals surface area contributed by atoms with Gasteiger partial charge in [-0.05, 0) is 45.9 Å². The van der Waals surface area contributed by atoms with E-state index in [1.807, 2.05) is 0 Å². The molecular formula is C15H18BF4NO3. The predicted octanol–water partition coefficient (Wildman–Crippen LogP) is 3.35. The Labute approximate surface area is 137 Å². The zero-order chi connectivity index (χ0) is 18.3. The lowest BCUT2D eigenvalue weighted by atomic mass is 9.87. The minimum absolute atomic E-state index is 0.214. The number of rotatable bonds is 3. The Balaban J connectivity index is 2.29. The van der Waals surface area contributed by atoms with Crippen LogP contribution in [0.3, 0.4) is 0 Å². The molecule has 0 N–H and O–H groups in total. The fourth-order valence-electron chi connectivity index (χ4n) is 2.16. The van der Waals surface area contributed by atoms with Crippen LogP contribution in [0.25, 0.3) is 6.08 Å². The second-order valence-corrected chi connectivity index (χ2v) is 6.63. The molecule has 0 unspecified atom stereocenters. The van der Waals surface area contributed by atoms with E-state index in [0.717, 1.165) is 12.3 Å². The van der Waals surface area contributed by atoms with Crippen LogP contribution in [-0.4, -0.2) is 29.1 Å². The van der Waals surface area contributed by atoms with E-state index < -0.39 is 42.3 Å². The maximum absolute atomic E-state index is 14.4. The first-order valence-electron chi connectivity index (χ1n) is 7.31. The van der Waals surface area contributed by atoms with Crippen molar-refractivity contribution in [2.75, 3.05) is 0 Å². The van der Waals surface area contributed by atoms with E-state index in [1.54, 1.807) is 27.7 Å². The third-order valence-corrected chi connectivity index (χ3v) is 4.17. The highest BCUT2D eigenvalue weighted by atomic mass is 19.4. The Morgan fingerprint density at radius 1 is 1.25 bits per heavy atom. The highest BCUT2D eigenvalue weighted by Crippen LogP contribution is 2.38. The fourth-order valence-corrected chi connectivity index (χ4v) is 2.16. The summed E-state index contributed by atoms with van der Waals surface area (Å²) in [5.41, 5.74) is -3.57. The Kier molecular flexibility index (Phi) is 4.71. The van der Waals surface area contributed by atoms with Crippen LogP contribution in [0.5, 0.6) is 0 Å². The normalized spacial score (nSPS) is 20.5. The van der Waals surface area contributed by atoms with Gasteiger partial charge in [0, 0.05) is 11.8 Å². The minimum atomic E-state index is -4.55. The molecule has 24 heavy (non-hydrogen) atoms. The number of halogens is 4. The number of alkyl halides is 3. The van der Waals surface area contributed by atoms with E-state index in [2.05, 4.69) is 0 Å². The molecule has 1 fully saturated rings. The summed E-state index contributed by atoms with van der Waals surface area (Å²) in [7, 11) is -1.31. The van der Waals surface area contributed by atoms with Crippen molar-refractivity contribution in [3.05, 3.63) is 40.0 Å². The quantitative estimate of drug-likeness (QED) is 0.622. The number of pyridine rings is 1. The van der Waals surface area contributed by atoms with Crippen LogP contribution in [0, 0.1) is 0 Å². The van der Waals surface area contributed by atoms with Gasteiger partial charge in [-0.1, -0.05) is 0 Å². The van der Waals surface area contributed by atoms with Crippen LogP contribution in [-0.2, 0) is 15.9 Å². The summed E-state index contributed by atoms with van der Waals surface area (Å²) in [4.78, 5) is 12.0. The molecule has 0 amide bonds. The molecule has 1 aliphatic rings. The van der Waals surface area contributed by atoms with Crippen molar-refractivity contribution < 1.29 is 26.9 Å². The summed E-state index contributed by atoms with van der Waals surface area (Å²) in [5, 5.41) is 0. The molecule has 0 saturated carbocycles. The van der Waals surface area contributed by atoms with Crippen LogP contribution >= 0.6 is 0 Å². The van der Waals surface area contributed by atoms with Crippen molar-refractivity contribution in [1.29, 1.82) is 0 Å². The zero-order valence-electron chi connectivity index (χ0n) is 13.8. The maximum atomic E-state index is 14.4. The molecule has 4 nitrogen and oxygen atoms in total. The number of aromatic nitrogens is 1. The van der Waals surface area contributed by atoms with E-state index in [-0.39, 0.29) is 5.56 Å². The number of nitrogens with zero attached hydrogens (tertiary/aromatic N) is 1. The number of hydrogen-bond acceptors (Lipinski definition) is 3. The Morgan fingerprint density at radius 3 is 2.29 bits per heavy atom. The van der Waals surface area contributed by atoms with Gasteiger partial charge in [-0.2, -0.15) is 13.2 Å². The zero-order valence-corrected chi connectivity index (χ0v) is 13.8. The van der Waals surface area contributed by atoms with Gasteiger partial charge >= 0.3 is 13.3 Å². The highest BCUT2D eigenvalue weighted by Gasteiger charge is 2.53. The molecule has 0 bridgehead atoms. The molecule has 0 aromatic carbocycles. The summed E-state index contributed by atoms with van der Waals surface area (Å²) in [6.45, 7) is 5.50. The lowest BCUT2D eigenvalue weighted by Crippen LogP contribution is -2.41. The first-order chi connectivity index (χ1) is 10.8. The second kappa shape index (κ2) is 6.04. The SMILES string of the molecule is CC1(C)OB(C(F)=Cc2cccn(CC(F)(F)F)c2=O)OC1(C)C. The molecule has 2 heterocycles. The molecule has 132 valence electrons. The van der Waals surface area contributed by atoms with Crippen molar-refractivity contribution in [2.45, 2.75) is 51.6 Å². The Bertz CT molecular complexity index is 693. The van der Waals surface area contributed by atoms with E-state index in [4.69, 9.17) is 9.31 Å². The largest absolute Gasteiger partial charge is 0.525 e.